The van der Waals surface area contributed by atoms with Crippen LogP contribution in [0.25, 0.3) is 0 Å². The first-order valence-corrected chi connectivity index (χ1v) is 10.2. The molecule has 0 bridgehead atoms. The lowest BCUT2D eigenvalue weighted by atomic mass is 9.87. The van der Waals surface area contributed by atoms with Gasteiger partial charge in [-0.25, -0.2) is 0 Å². The minimum absolute atomic E-state index is 0.0836. The zero-order valence-corrected chi connectivity index (χ0v) is 18.0. The van der Waals surface area contributed by atoms with Crippen molar-refractivity contribution in [2.75, 3.05) is 13.2 Å². The molecule has 178 valence electrons. The van der Waals surface area contributed by atoms with Crippen LogP contribution in [0.2, 0.25) is 5.02 Å². The average molecular weight is 479 g/mol. The van der Waals surface area contributed by atoms with Crippen molar-refractivity contribution in [3.8, 4) is 5.75 Å². The smallest absolute Gasteiger partial charge is 0.422 e. The van der Waals surface area contributed by atoms with E-state index in [1.54, 1.807) is 37.3 Å². The molecule has 0 aliphatic heterocycles. The van der Waals surface area contributed by atoms with Crippen molar-refractivity contribution in [3.05, 3.63) is 64.2 Å². The van der Waals surface area contributed by atoms with E-state index in [0.29, 0.717) is 22.6 Å². The third-order valence-corrected chi connectivity index (χ3v) is 5.48. The Morgan fingerprint density at radius 2 is 1.56 bits per heavy atom. The highest BCUT2D eigenvalue weighted by Gasteiger charge is 2.33. The molecule has 0 saturated carbocycles. The summed E-state index contributed by atoms with van der Waals surface area (Å²) >= 11 is 6.27. The quantitative estimate of drug-likeness (QED) is 0.359. The maximum Gasteiger partial charge on any atom is 0.422 e. The molecule has 6 nitrogen and oxygen atoms in total. The van der Waals surface area contributed by atoms with Crippen molar-refractivity contribution in [3.63, 3.8) is 0 Å². The van der Waals surface area contributed by atoms with Gasteiger partial charge in [0.05, 0.1) is 12.7 Å². The average Bonchev–Trinajstić information content (AvgIpc) is 2.76. The van der Waals surface area contributed by atoms with Gasteiger partial charge in [-0.05, 0) is 41.3 Å². The van der Waals surface area contributed by atoms with Crippen LogP contribution >= 0.6 is 11.6 Å². The van der Waals surface area contributed by atoms with Crippen LogP contribution in [0.3, 0.4) is 0 Å². The third-order valence-electron chi connectivity index (χ3n) is 5.11. The lowest BCUT2D eigenvalue weighted by molar-refractivity contribution is -0.153. The maximum absolute atomic E-state index is 12.3. The zero-order chi connectivity index (χ0) is 24.1. The molecule has 0 aliphatic carbocycles. The van der Waals surface area contributed by atoms with E-state index in [4.69, 9.17) is 16.7 Å². The summed E-state index contributed by atoms with van der Waals surface area (Å²) in [7, 11) is 0. The fraction of sp³-hybridized carbons (Fsp3) is 0.455. The molecule has 0 heterocycles. The molecule has 2 aromatic carbocycles. The van der Waals surface area contributed by atoms with Crippen LogP contribution in [0.4, 0.5) is 13.2 Å². The number of halogens is 4. The van der Waals surface area contributed by atoms with Gasteiger partial charge >= 0.3 is 6.18 Å². The summed E-state index contributed by atoms with van der Waals surface area (Å²) in [5.74, 6) is -0.569. The number of benzene rings is 2. The van der Waals surface area contributed by atoms with Gasteiger partial charge in [0.15, 0.2) is 6.61 Å². The molecule has 5 unspecified atom stereocenters. The number of alkyl halides is 3. The lowest BCUT2D eigenvalue weighted by Crippen LogP contribution is -2.47. The number of aliphatic hydroxyl groups is 5. The highest BCUT2D eigenvalue weighted by Crippen LogP contribution is 2.29. The predicted molar refractivity (Wildman–Crippen MR) is 112 cm³/mol. The lowest BCUT2D eigenvalue weighted by Gasteiger charge is -2.29. The first-order chi connectivity index (χ1) is 14.9. The fourth-order valence-electron chi connectivity index (χ4n) is 3.13. The zero-order valence-electron chi connectivity index (χ0n) is 17.2. The monoisotopic (exact) mass is 478 g/mol. The van der Waals surface area contributed by atoms with Gasteiger partial charge in [-0.1, -0.05) is 42.8 Å². The number of ether oxygens (including phenoxy) is 1. The molecule has 0 aliphatic rings. The van der Waals surface area contributed by atoms with Crippen LogP contribution in [-0.2, 0) is 6.42 Å². The molecular formula is C22H26ClF3O6. The molecule has 0 amide bonds. The van der Waals surface area contributed by atoms with Gasteiger partial charge in [-0.2, -0.15) is 13.2 Å². The molecule has 2 rings (SSSR count). The highest BCUT2D eigenvalue weighted by atomic mass is 35.5. The normalized spacial score (nSPS) is 16.8. The van der Waals surface area contributed by atoms with Gasteiger partial charge in [0, 0.05) is 10.9 Å². The first kappa shape index (κ1) is 26.4. The van der Waals surface area contributed by atoms with Gasteiger partial charge in [0.1, 0.15) is 24.1 Å². The molecule has 0 spiro atoms. The van der Waals surface area contributed by atoms with Crippen molar-refractivity contribution in [1.82, 2.24) is 0 Å². The summed E-state index contributed by atoms with van der Waals surface area (Å²) in [5, 5.41) is 49.2. The number of hydrogen-bond donors (Lipinski definition) is 5. The van der Waals surface area contributed by atoms with Crippen LogP contribution in [0.5, 0.6) is 5.75 Å². The van der Waals surface area contributed by atoms with Gasteiger partial charge in [-0.3, -0.25) is 0 Å². The molecule has 0 fully saturated rings. The van der Waals surface area contributed by atoms with Crippen molar-refractivity contribution in [1.29, 1.82) is 0 Å². The summed E-state index contributed by atoms with van der Waals surface area (Å²) < 4.78 is 41.4. The topological polar surface area (TPSA) is 110 Å². The van der Waals surface area contributed by atoms with Crippen LogP contribution in [0, 0.1) is 0 Å². The molecule has 10 heteroatoms. The minimum Gasteiger partial charge on any atom is -0.484 e. The largest absolute Gasteiger partial charge is 0.484 e. The minimum atomic E-state index is -4.42. The Bertz CT molecular complexity index is 862. The first-order valence-electron chi connectivity index (χ1n) is 9.83. The Balaban J connectivity index is 2.12. The Morgan fingerprint density at radius 3 is 2.12 bits per heavy atom. The van der Waals surface area contributed by atoms with E-state index in [-0.39, 0.29) is 5.75 Å². The van der Waals surface area contributed by atoms with E-state index in [9.17, 15) is 33.6 Å². The highest BCUT2D eigenvalue weighted by molar-refractivity contribution is 6.31. The molecule has 2 aromatic rings. The van der Waals surface area contributed by atoms with Gasteiger partial charge in [0.25, 0.3) is 0 Å². The second-order valence-corrected chi connectivity index (χ2v) is 7.99. The van der Waals surface area contributed by atoms with Crippen LogP contribution in [0.1, 0.15) is 29.5 Å². The summed E-state index contributed by atoms with van der Waals surface area (Å²) in [4.78, 5) is 0. The molecular weight excluding hydrogens is 453 g/mol. The standard InChI is InChI=1S/C22H26ClF3O6/c1-12(19(29)21(31)20(30)18(28)10-27)14-4-7-17(23)15(9-14)8-13-2-5-16(6-3-13)32-11-22(24,25)26/h2-7,9,12,18-21,27-31H,8,10-11H2,1H3. The Labute approximate surface area is 188 Å². The van der Waals surface area contributed by atoms with Gasteiger partial charge in [-0.15, -0.1) is 0 Å². The number of hydrogen-bond acceptors (Lipinski definition) is 6. The molecule has 0 radical (unpaired) electrons. The van der Waals surface area contributed by atoms with Gasteiger partial charge in [0.2, 0.25) is 0 Å². The Morgan fingerprint density at radius 1 is 0.938 bits per heavy atom. The predicted octanol–water partition coefficient (Wildman–Crippen LogP) is 2.41. The van der Waals surface area contributed by atoms with Crippen LogP contribution < -0.4 is 4.74 Å². The summed E-state index contributed by atoms with van der Waals surface area (Å²) in [6.45, 7) is -0.535. The number of rotatable bonds is 10. The van der Waals surface area contributed by atoms with E-state index >= 15 is 0 Å². The van der Waals surface area contributed by atoms with E-state index in [2.05, 4.69) is 4.74 Å². The molecule has 5 atom stereocenters. The molecule has 0 saturated heterocycles. The van der Waals surface area contributed by atoms with Crippen molar-refractivity contribution in [2.24, 2.45) is 0 Å². The summed E-state index contributed by atoms with van der Waals surface area (Å²) in [6, 6.07) is 11.1. The third kappa shape index (κ3) is 7.33. The van der Waals surface area contributed by atoms with Gasteiger partial charge < -0.3 is 30.3 Å². The maximum atomic E-state index is 12.3. The van der Waals surface area contributed by atoms with Crippen LogP contribution in [0.15, 0.2) is 42.5 Å². The Kier molecular flexibility index (Phi) is 9.32. The van der Waals surface area contributed by atoms with Crippen molar-refractivity contribution >= 4 is 11.6 Å². The van der Waals surface area contributed by atoms with Crippen LogP contribution in [-0.4, -0.2) is 69.3 Å². The van der Waals surface area contributed by atoms with E-state index in [1.807, 2.05) is 0 Å². The number of aliphatic hydroxyl groups excluding tert-OH is 5. The molecule has 32 heavy (non-hydrogen) atoms. The van der Waals surface area contributed by atoms with Crippen molar-refractivity contribution < 1.29 is 43.4 Å². The second-order valence-electron chi connectivity index (χ2n) is 7.59. The molecule has 0 aromatic heterocycles. The second kappa shape index (κ2) is 11.3. The summed E-state index contributed by atoms with van der Waals surface area (Å²) in [5.41, 5.74) is 2.04. The SMILES string of the molecule is CC(c1ccc(Cl)c(Cc2ccc(OCC(F)(F)F)cc2)c1)C(O)C(O)C(O)C(O)CO. The fourth-order valence-corrected chi connectivity index (χ4v) is 3.32. The molecule has 5 N–H and O–H groups in total. The summed E-state index contributed by atoms with van der Waals surface area (Å²) in [6.07, 6.45) is -10.5. The van der Waals surface area contributed by atoms with Crippen molar-refractivity contribution in [2.45, 2.75) is 49.9 Å². The Hall–Kier alpha value is -1.88. The van der Waals surface area contributed by atoms with E-state index in [0.717, 1.165) is 5.56 Å². The van der Waals surface area contributed by atoms with E-state index < -0.39 is 49.7 Å². The van der Waals surface area contributed by atoms with E-state index in [1.165, 1.54) is 12.1 Å².